The highest BCUT2D eigenvalue weighted by molar-refractivity contribution is 6.27. The normalized spacial score (nSPS) is 26.7. The van der Waals surface area contributed by atoms with Gasteiger partial charge >= 0.3 is 11.9 Å². The molecule has 0 bridgehead atoms. The number of benzene rings is 1. The molecule has 35 heavy (non-hydrogen) atoms. The van der Waals surface area contributed by atoms with E-state index in [-0.39, 0.29) is 25.0 Å². The third kappa shape index (κ3) is 7.02. The maximum atomic E-state index is 13.2. The summed E-state index contributed by atoms with van der Waals surface area (Å²) in [6.07, 6.45) is 9.54. The van der Waals surface area contributed by atoms with Gasteiger partial charge in [0, 0.05) is 13.1 Å². The molecule has 9 heteroatoms. The van der Waals surface area contributed by atoms with E-state index in [2.05, 4.69) is 34.5 Å². The minimum Gasteiger partial charge on any atom is -0.473 e. The molecule has 0 aromatic heterocycles. The number of nitrogens with zero attached hydrogens (tertiary/aromatic N) is 1. The Balaban J connectivity index is 0.000000509. The van der Waals surface area contributed by atoms with Gasteiger partial charge in [-0.25, -0.2) is 9.59 Å². The molecule has 194 valence electrons. The van der Waals surface area contributed by atoms with Crippen LogP contribution >= 0.6 is 0 Å². The molecule has 2 saturated carbocycles. The van der Waals surface area contributed by atoms with E-state index in [1.165, 1.54) is 43.2 Å². The Labute approximate surface area is 206 Å². The Bertz CT molecular complexity index is 874. The van der Waals surface area contributed by atoms with Crippen molar-refractivity contribution in [2.24, 2.45) is 5.92 Å². The number of rotatable bonds is 5. The molecular formula is C26H38N2O7. The number of nitrogens with one attached hydrogen (secondary N) is 1. The van der Waals surface area contributed by atoms with Gasteiger partial charge in [0.1, 0.15) is 5.60 Å². The zero-order valence-corrected chi connectivity index (χ0v) is 20.2. The first-order valence-corrected chi connectivity index (χ1v) is 12.7. The SMILES string of the molecule is O=C(CNCC1(O)CCCCC1O)N1CCc2ccccc2C1C1CCCCC1.O=C(O)C(=O)O. The largest absolute Gasteiger partial charge is 0.473 e. The number of hydrogen-bond donors (Lipinski definition) is 5. The Kier molecular flexibility index (Phi) is 9.65. The first-order chi connectivity index (χ1) is 16.7. The fraction of sp³-hybridized carbons (Fsp3) is 0.654. The van der Waals surface area contributed by atoms with Crippen LogP contribution < -0.4 is 5.32 Å². The summed E-state index contributed by atoms with van der Waals surface area (Å²) in [7, 11) is 0. The third-order valence-corrected chi connectivity index (χ3v) is 7.60. The molecule has 1 aromatic carbocycles. The van der Waals surface area contributed by atoms with Crippen molar-refractivity contribution in [3.05, 3.63) is 35.4 Å². The number of aliphatic hydroxyl groups is 2. The van der Waals surface area contributed by atoms with Crippen LogP contribution in [0, 0.1) is 5.92 Å². The summed E-state index contributed by atoms with van der Waals surface area (Å²) < 4.78 is 0. The number of hydrogen-bond acceptors (Lipinski definition) is 6. The minimum absolute atomic E-state index is 0.115. The van der Waals surface area contributed by atoms with Gasteiger partial charge in [-0.3, -0.25) is 4.79 Å². The first kappa shape index (κ1) is 27.1. The van der Waals surface area contributed by atoms with E-state index in [1.54, 1.807) is 0 Å². The van der Waals surface area contributed by atoms with Crippen LogP contribution in [0.2, 0.25) is 0 Å². The van der Waals surface area contributed by atoms with Crippen molar-refractivity contribution >= 4 is 17.8 Å². The number of carbonyl (C=O) groups is 3. The third-order valence-electron chi connectivity index (χ3n) is 7.60. The summed E-state index contributed by atoms with van der Waals surface area (Å²) in [4.78, 5) is 33.5. The van der Waals surface area contributed by atoms with E-state index in [0.29, 0.717) is 18.8 Å². The van der Waals surface area contributed by atoms with Crippen molar-refractivity contribution < 1.29 is 34.8 Å². The molecular weight excluding hydrogens is 452 g/mol. The van der Waals surface area contributed by atoms with Gasteiger partial charge < -0.3 is 30.6 Å². The lowest BCUT2D eigenvalue weighted by Crippen LogP contribution is -2.54. The molecule has 3 unspecified atom stereocenters. The zero-order chi connectivity index (χ0) is 25.4. The van der Waals surface area contributed by atoms with Gasteiger partial charge in [-0.15, -0.1) is 0 Å². The molecule has 9 nitrogen and oxygen atoms in total. The molecule has 1 amide bonds. The van der Waals surface area contributed by atoms with Crippen molar-refractivity contribution in [1.29, 1.82) is 0 Å². The molecule has 0 saturated heterocycles. The van der Waals surface area contributed by atoms with Crippen molar-refractivity contribution in [1.82, 2.24) is 10.2 Å². The molecule has 5 N–H and O–H groups in total. The van der Waals surface area contributed by atoms with Crippen LogP contribution in [0.1, 0.15) is 75.0 Å². The molecule has 1 aliphatic heterocycles. The lowest BCUT2D eigenvalue weighted by molar-refractivity contribution is -0.159. The van der Waals surface area contributed by atoms with Crippen LogP contribution in [0.3, 0.4) is 0 Å². The summed E-state index contributed by atoms with van der Waals surface area (Å²) in [6.45, 7) is 1.27. The van der Waals surface area contributed by atoms with Gasteiger partial charge in [-0.05, 0) is 49.1 Å². The molecule has 0 spiro atoms. The number of carboxylic acid groups (broad SMARTS) is 2. The topological polar surface area (TPSA) is 147 Å². The monoisotopic (exact) mass is 490 g/mol. The van der Waals surface area contributed by atoms with Crippen molar-refractivity contribution in [3.8, 4) is 0 Å². The number of amides is 1. The highest BCUT2D eigenvalue weighted by Gasteiger charge is 2.39. The zero-order valence-electron chi connectivity index (χ0n) is 20.2. The molecule has 2 aliphatic carbocycles. The quantitative estimate of drug-likeness (QED) is 0.394. The summed E-state index contributed by atoms with van der Waals surface area (Å²) in [5.74, 6) is -2.99. The average Bonchev–Trinajstić information content (AvgIpc) is 2.86. The van der Waals surface area contributed by atoms with Crippen LogP contribution in [0.4, 0.5) is 0 Å². The predicted molar refractivity (Wildman–Crippen MR) is 129 cm³/mol. The highest BCUT2D eigenvalue weighted by Crippen LogP contribution is 2.42. The molecule has 0 radical (unpaired) electrons. The van der Waals surface area contributed by atoms with E-state index in [4.69, 9.17) is 19.8 Å². The van der Waals surface area contributed by atoms with Gasteiger partial charge in [0.05, 0.1) is 18.7 Å². The predicted octanol–water partition coefficient (Wildman–Crippen LogP) is 2.10. The Hall–Kier alpha value is -2.49. The van der Waals surface area contributed by atoms with Gasteiger partial charge in [-0.1, -0.05) is 56.4 Å². The number of carbonyl (C=O) groups excluding carboxylic acids is 1. The summed E-state index contributed by atoms with van der Waals surface area (Å²) in [5, 5.41) is 38.8. The van der Waals surface area contributed by atoms with Gasteiger partial charge in [0.2, 0.25) is 5.91 Å². The lowest BCUT2D eigenvalue weighted by atomic mass is 9.77. The van der Waals surface area contributed by atoms with E-state index in [0.717, 1.165) is 25.8 Å². The summed E-state index contributed by atoms with van der Waals surface area (Å²) in [6, 6.07) is 8.80. The second-order valence-electron chi connectivity index (χ2n) is 9.96. The minimum atomic E-state index is -1.82. The van der Waals surface area contributed by atoms with Crippen LogP contribution in [0.5, 0.6) is 0 Å². The second-order valence-corrected chi connectivity index (χ2v) is 9.96. The van der Waals surface area contributed by atoms with Crippen molar-refractivity contribution in [3.63, 3.8) is 0 Å². The summed E-state index contributed by atoms with van der Waals surface area (Å²) in [5.41, 5.74) is 1.62. The molecule has 3 aliphatic rings. The molecule has 4 rings (SSSR count). The standard InChI is InChI=1S/C24H36N2O3.C2H2O4/c27-21-12-6-7-14-24(21,29)17-25-16-22(28)26-15-13-18-8-4-5-11-20(18)23(26)19-9-2-1-3-10-19;3-1(4)2(5)6/h4-5,8,11,19,21,23,25,27,29H,1-3,6-7,9-10,12-17H2;(H,3,4)(H,5,6). The van der Waals surface area contributed by atoms with Crippen LogP contribution in [0.25, 0.3) is 0 Å². The van der Waals surface area contributed by atoms with E-state index in [9.17, 15) is 15.0 Å². The van der Waals surface area contributed by atoms with E-state index >= 15 is 0 Å². The number of carboxylic acids is 2. The van der Waals surface area contributed by atoms with Crippen molar-refractivity contribution in [2.75, 3.05) is 19.6 Å². The Morgan fingerprint density at radius 1 is 0.971 bits per heavy atom. The molecule has 2 fully saturated rings. The second kappa shape index (κ2) is 12.5. The number of fused-ring (bicyclic) bond motifs is 1. The fourth-order valence-corrected chi connectivity index (χ4v) is 5.73. The van der Waals surface area contributed by atoms with Gasteiger partial charge in [0.25, 0.3) is 0 Å². The smallest absolute Gasteiger partial charge is 0.414 e. The van der Waals surface area contributed by atoms with E-state index < -0.39 is 23.6 Å². The van der Waals surface area contributed by atoms with Gasteiger partial charge in [-0.2, -0.15) is 0 Å². The lowest BCUT2D eigenvalue weighted by Gasteiger charge is -2.43. The Morgan fingerprint density at radius 3 is 2.29 bits per heavy atom. The van der Waals surface area contributed by atoms with Crippen molar-refractivity contribution in [2.45, 2.75) is 82.0 Å². The summed E-state index contributed by atoms with van der Waals surface area (Å²) >= 11 is 0. The molecule has 1 heterocycles. The maximum Gasteiger partial charge on any atom is 0.414 e. The molecule has 3 atom stereocenters. The van der Waals surface area contributed by atoms with E-state index in [1.807, 2.05) is 0 Å². The van der Waals surface area contributed by atoms with Crippen LogP contribution in [0.15, 0.2) is 24.3 Å². The molecule has 1 aromatic rings. The maximum absolute atomic E-state index is 13.2. The Morgan fingerprint density at radius 2 is 1.63 bits per heavy atom. The fourth-order valence-electron chi connectivity index (χ4n) is 5.73. The number of aliphatic hydroxyl groups excluding tert-OH is 1. The van der Waals surface area contributed by atoms with Crippen LogP contribution in [-0.2, 0) is 20.8 Å². The first-order valence-electron chi connectivity index (χ1n) is 12.7. The number of aliphatic carboxylic acids is 2. The highest BCUT2D eigenvalue weighted by atomic mass is 16.4. The van der Waals surface area contributed by atoms with Crippen LogP contribution in [-0.4, -0.2) is 74.5 Å². The average molecular weight is 491 g/mol. The van der Waals surface area contributed by atoms with Gasteiger partial charge in [0.15, 0.2) is 0 Å².